The van der Waals surface area contributed by atoms with Crippen molar-refractivity contribution in [1.29, 1.82) is 0 Å². The van der Waals surface area contributed by atoms with E-state index in [1.807, 2.05) is 19.9 Å². The molecule has 1 rings (SSSR count). The number of rotatable bonds is 6. The van der Waals surface area contributed by atoms with E-state index < -0.39 is 10.0 Å². The van der Waals surface area contributed by atoms with Crippen molar-refractivity contribution in [1.82, 2.24) is 4.31 Å². The summed E-state index contributed by atoms with van der Waals surface area (Å²) in [6, 6.07) is 3.47. The number of nitrogens with zero attached hydrogens (tertiary/aromatic N) is 1. The Bertz CT molecular complexity index is 546. The maximum absolute atomic E-state index is 12.6. The molecule has 0 fully saturated rings. The van der Waals surface area contributed by atoms with Gasteiger partial charge in [0.05, 0.1) is 4.90 Å². The van der Waals surface area contributed by atoms with Crippen molar-refractivity contribution in [3.63, 3.8) is 0 Å². The number of aryl methyl sites for hydroxylation is 1. The second-order valence-corrected chi connectivity index (χ2v) is 8.48. The predicted molar refractivity (Wildman–Crippen MR) is 89.4 cm³/mol. The maximum Gasteiger partial charge on any atom is 0.244 e. The van der Waals surface area contributed by atoms with Gasteiger partial charge in [-0.15, -0.1) is 0 Å². The third-order valence-corrected chi connectivity index (χ3v) is 7.07. The van der Waals surface area contributed by atoms with Crippen molar-refractivity contribution in [3.8, 4) is 0 Å². The summed E-state index contributed by atoms with van der Waals surface area (Å²) >= 11 is 10.1. The molecular formula is C12H16Br3NO2S. The number of sulfonamides is 1. The molecular weight excluding hydrogens is 462 g/mol. The average Bonchev–Trinajstić information content (AvgIpc) is 2.34. The zero-order valence-electron chi connectivity index (χ0n) is 10.8. The SMILES string of the molecule is CCN(CCCBr)S(=O)(=O)c1cc(Br)c(C)cc1Br. The van der Waals surface area contributed by atoms with Crippen LogP contribution in [-0.2, 0) is 10.0 Å². The molecule has 0 aromatic heterocycles. The standard InChI is InChI=1S/C12H16Br3NO2S/c1-3-16(6-4-5-13)19(17,18)12-8-10(14)9(2)7-11(12)15/h7-8H,3-6H2,1-2H3. The molecule has 19 heavy (non-hydrogen) atoms. The Morgan fingerprint density at radius 3 is 2.37 bits per heavy atom. The van der Waals surface area contributed by atoms with Gasteiger partial charge in [0.1, 0.15) is 0 Å². The second kappa shape index (κ2) is 7.54. The Kier molecular flexibility index (Phi) is 6.99. The first kappa shape index (κ1) is 17.6. The highest BCUT2D eigenvalue weighted by atomic mass is 79.9. The highest BCUT2D eigenvalue weighted by Gasteiger charge is 2.25. The van der Waals surface area contributed by atoms with Crippen LogP contribution in [0.5, 0.6) is 0 Å². The molecule has 0 saturated heterocycles. The molecule has 0 aliphatic heterocycles. The summed E-state index contributed by atoms with van der Waals surface area (Å²) in [5.74, 6) is 0. The first-order valence-corrected chi connectivity index (χ1v) is 10.0. The quantitative estimate of drug-likeness (QED) is 0.572. The monoisotopic (exact) mass is 475 g/mol. The van der Waals surface area contributed by atoms with Crippen LogP contribution in [0.15, 0.2) is 26.0 Å². The van der Waals surface area contributed by atoms with Crippen LogP contribution >= 0.6 is 47.8 Å². The molecule has 0 N–H and O–H groups in total. The molecule has 1 aromatic carbocycles. The van der Waals surface area contributed by atoms with Gasteiger partial charge in [0.25, 0.3) is 0 Å². The summed E-state index contributed by atoms with van der Waals surface area (Å²) in [7, 11) is -3.46. The lowest BCUT2D eigenvalue weighted by atomic mass is 10.2. The van der Waals surface area contributed by atoms with E-state index in [1.54, 1.807) is 6.07 Å². The van der Waals surface area contributed by atoms with Crippen molar-refractivity contribution in [3.05, 3.63) is 26.6 Å². The number of halogens is 3. The number of hydrogen-bond donors (Lipinski definition) is 0. The van der Waals surface area contributed by atoms with Crippen LogP contribution in [0.2, 0.25) is 0 Å². The third kappa shape index (κ3) is 4.27. The summed E-state index contributed by atoms with van der Waals surface area (Å²) in [6.07, 6.45) is 0.789. The van der Waals surface area contributed by atoms with Gasteiger partial charge in [-0.05, 0) is 47.0 Å². The highest BCUT2D eigenvalue weighted by molar-refractivity contribution is 9.11. The molecule has 0 amide bonds. The minimum absolute atomic E-state index is 0.307. The van der Waals surface area contributed by atoms with E-state index in [-0.39, 0.29) is 0 Å². The Balaban J connectivity index is 3.22. The fourth-order valence-electron chi connectivity index (χ4n) is 1.65. The van der Waals surface area contributed by atoms with E-state index in [4.69, 9.17) is 0 Å². The lowest BCUT2D eigenvalue weighted by Crippen LogP contribution is -2.32. The van der Waals surface area contributed by atoms with Crippen LogP contribution in [0, 0.1) is 6.92 Å². The second-order valence-electron chi connectivity index (χ2n) is 4.07. The highest BCUT2D eigenvalue weighted by Crippen LogP contribution is 2.30. The minimum atomic E-state index is -3.46. The lowest BCUT2D eigenvalue weighted by Gasteiger charge is -2.21. The van der Waals surface area contributed by atoms with Crippen LogP contribution in [0.25, 0.3) is 0 Å². The van der Waals surface area contributed by atoms with E-state index in [9.17, 15) is 8.42 Å². The first-order chi connectivity index (χ1) is 8.84. The van der Waals surface area contributed by atoms with Crippen LogP contribution in [0.3, 0.4) is 0 Å². The topological polar surface area (TPSA) is 37.4 Å². The van der Waals surface area contributed by atoms with Crippen molar-refractivity contribution in [2.24, 2.45) is 0 Å². The van der Waals surface area contributed by atoms with E-state index >= 15 is 0 Å². The molecule has 0 saturated carbocycles. The third-order valence-electron chi connectivity index (χ3n) is 2.72. The molecule has 0 aliphatic carbocycles. The molecule has 7 heteroatoms. The van der Waals surface area contributed by atoms with Gasteiger partial charge in [0, 0.05) is 27.4 Å². The summed E-state index contributed by atoms with van der Waals surface area (Å²) in [5.41, 5.74) is 0.995. The molecule has 0 bridgehead atoms. The Morgan fingerprint density at radius 1 is 1.21 bits per heavy atom. The van der Waals surface area contributed by atoms with E-state index in [1.165, 1.54) is 4.31 Å². The molecule has 0 atom stereocenters. The average molecular weight is 478 g/mol. The summed E-state index contributed by atoms with van der Waals surface area (Å²) in [5, 5.41) is 0.789. The van der Waals surface area contributed by atoms with Gasteiger partial charge in [-0.1, -0.05) is 38.8 Å². The van der Waals surface area contributed by atoms with Crippen molar-refractivity contribution in [2.75, 3.05) is 18.4 Å². The van der Waals surface area contributed by atoms with Gasteiger partial charge < -0.3 is 0 Å². The number of hydrogen-bond acceptors (Lipinski definition) is 2. The molecule has 0 spiro atoms. The number of benzene rings is 1. The summed E-state index contributed by atoms with van der Waals surface area (Å²) < 4.78 is 28.1. The smallest absolute Gasteiger partial charge is 0.207 e. The van der Waals surface area contributed by atoms with Crippen LogP contribution in [-0.4, -0.2) is 31.1 Å². The van der Waals surface area contributed by atoms with E-state index in [0.29, 0.717) is 22.5 Å². The fraction of sp³-hybridized carbons (Fsp3) is 0.500. The normalized spacial score (nSPS) is 12.1. The largest absolute Gasteiger partial charge is 0.244 e. The van der Waals surface area contributed by atoms with Crippen molar-refractivity contribution >= 4 is 57.8 Å². The fourth-order valence-corrected chi connectivity index (χ4v) is 5.03. The van der Waals surface area contributed by atoms with E-state index in [2.05, 4.69) is 47.8 Å². The van der Waals surface area contributed by atoms with E-state index in [0.717, 1.165) is 21.8 Å². The van der Waals surface area contributed by atoms with Gasteiger partial charge >= 0.3 is 0 Å². The van der Waals surface area contributed by atoms with Gasteiger partial charge in [-0.25, -0.2) is 8.42 Å². The van der Waals surface area contributed by atoms with Crippen LogP contribution < -0.4 is 0 Å². The van der Waals surface area contributed by atoms with Crippen molar-refractivity contribution in [2.45, 2.75) is 25.2 Å². The Hall–Kier alpha value is 0.570. The molecule has 0 unspecified atom stereocenters. The Morgan fingerprint density at radius 2 is 1.84 bits per heavy atom. The molecule has 108 valence electrons. The van der Waals surface area contributed by atoms with Gasteiger partial charge in [-0.3, -0.25) is 0 Å². The van der Waals surface area contributed by atoms with Gasteiger partial charge in [0.15, 0.2) is 0 Å². The number of alkyl halides is 1. The maximum atomic E-state index is 12.6. The molecule has 0 aliphatic rings. The predicted octanol–water partition coefficient (Wildman–Crippen LogP) is 4.32. The molecule has 0 radical (unpaired) electrons. The summed E-state index contributed by atoms with van der Waals surface area (Å²) in [4.78, 5) is 0.307. The summed E-state index contributed by atoms with van der Waals surface area (Å²) in [6.45, 7) is 4.76. The van der Waals surface area contributed by atoms with Crippen LogP contribution in [0.1, 0.15) is 18.9 Å². The van der Waals surface area contributed by atoms with Gasteiger partial charge in [-0.2, -0.15) is 4.31 Å². The Labute approximate surface area is 140 Å². The lowest BCUT2D eigenvalue weighted by molar-refractivity contribution is 0.428. The first-order valence-electron chi connectivity index (χ1n) is 5.86. The van der Waals surface area contributed by atoms with Gasteiger partial charge in [0.2, 0.25) is 10.0 Å². The molecule has 1 aromatic rings. The minimum Gasteiger partial charge on any atom is -0.207 e. The molecule has 3 nitrogen and oxygen atoms in total. The molecule has 0 heterocycles. The van der Waals surface area contributed by atoms with Crippen molar-refractivity contribution < 1.29 is 8.42 Å². The zero-order chi connectivity index (χ0) is 14.6. The zero-order valence-corrected chi connectivity index (χ0v) is 16.4. The van der Waals surface area contributed by atoms with Crippen LogP contribution in [0.4, 0.5) is 0 Å².